The number of hydroxylamine groups is 2. The SMILES string of the molecule is O=CN(O)C(C#Cc1ccccc1)CS(=O)(=O)N1CCN(c2ccc(Cl)cc2)CC1. The van der Waals surface area contributed by atoms with Gasteiger partial charge in [0.05, 0.1) is 5.75 Å². The van der Waals surface area contributed by atoms with Crippen LogP contribution < -0.4 is 4.90 Å². The van der Waals surface area contributed by atoms with Crippen molar-refractivity contribution in [3.63, 3.8) is 0 Å². The lowest BCUT2D eigenvalue weighted by molar-refractivity contribution is -0.153. The van der Waals surface area contributed by atoms with Gasteiger partial charge in [-0.3, -0.25) is 10.0 Å². The van der Waals surface area contributed by atoms with Crippen molar-refractivity contribution in [3.05, 3.63) is 65.2 Å². The summed E-state index contributed by atoms with van der Waals surface area (Å²) in [5.41, 5.74) is 1.64. The maximum Gasteiger partial charge on any atom is 0.234 e. The first-order valence-electron chi connectivity index (χ1n) is 9.36. The third-order valence-electron chi connectivity index (χ3n) is 4.78. The van der Waals surface area contributed by atoms with Crippen molar-refractivity contribution < 1.29 is 18.4 Å². The van der Waals surface area contributed by atoms with Gasteiger partial charge in [0.15, 0.2) is 0 Å². The normalized spacial score (nSPS) is 15.7. The van der Waals surface area contributed by atoms with E-state index in [4.69, 9.17) is 11.6 Å². The van der Waals surface area contributed by atoms with E-state index in [2.05, 4.69) is 16.7 Å². The lowest BCUT2D eigenvalue weighted by Gasteiger charge is -2.36. The molecule has 1 heterocycles. The van der Waals surface area contributed by atoms with Gasteiger partial charge >= 0.3 is 0 Å². The van der Waals surface area contributed by atoms with Crippen LogP contribution in [0.25, 0.3) is 0 Å². The highest BCUT2D eigenvalue weighted by atomic mass is 35.5. The molecule has 1 atom stereocenters. The van der Waals surface area contributed by atoms with Crippen LogP contribution >= 0.6 is 11.6 Å². The van der Waals surface area contributed by atoms with E-state index in [1.54, 1.807) is 36.4 Å². The minimum Gasteiger partial charge on any atom is -0.369 e. The molecule has 1 saturated heterocycles. The minimum absolute atomic E-state index is 0.165. The van der Waals surface area contributed by atoms with E-state index in [1.807, 2.05) is 18.2 Å². The molecule has 7 nitrogen and oxygen atoms in total. The summed E-state index contributed by atoms with van der Waals surface area (Å²) in [7, 11) is -3.73. The highest BCUT2D eigenvalue weighted by molar-refractivity contribution is 7.89. The number of rotatable bonds is 6. The molecular weight excluding hydrogens is 426 g/mol. The largest absolute Gasteiger partial charge is 0.369 e. The number of carbonyl (C=O) groups excluding carboxylic acids is 1. The van der Waals surface area contributed by atoms with Crippen molar-refractivity contribution in [1.29, 1.82) is 0 Å². The van der Waals surface area contributed by atoms with Crippen LogP contribution in [0, 0.1) is 11.8 Å². The van der Waals surface area contributed by atoms with E-state index in [1.165, 1.54) is 4.31 Å². The van der Waals surface area contributed by atoms with Gasteiger partial charge in [-0.25, -0.2) is 13.5 Å². The number of anilines is 1. The first kappa shape index (κ1) is 22.1. The zero-order valence-electron chi connectivity index (χ0n) is 16.2. The van der Waals surface area contributed by atoms with Crippen molar-refractivity contribution in [3.8, 4) is 11.8 Å². The highest BCUT2D eigenvalue weighted by Crippen LogP contribution is 2.20. The number of carbonyl (C=O) groups is 1. The van der Waals surface area contributed by atoms with Gasteiger partial charge in [-0.05, 0) is 36.4 Å². The molecule has 1 unspecified atom stereocenters. The molecule has 0 aromatic heterocycles. The second kappa shape index (κ2) is 9.96. The first-order chi connectivity index (χ1) is 14.4. The minimum atomic E-state index is -3.73. The number of piperazine rings is 1. The summed E-state index contributed by atoms with van der Waals surface area (Å²) >= 11 is 5.92. The maximum atomic E-state index is 12.9. The zero-order valence-corrected chi connectivity index (χ0v) is 17.8. The molecule has 1 N–H and O–H groups in total. The monoisotopic (exact) mass is 447 g/mol. The highest BCUT2D eigenvalue weighted by Gasteiger charge is 2.31. The predicted molar refractivity (Wildman–Crippen MR) is 116 cm³/mol. The first-order valence-corrected chi connectivity index (χ1v) is 11.4. The number of amides is 1. The number of benzene rings is 2. The molecule has 1 aliphatic heterocycles. The molecule has 1 fully saturated rings. The van der Waals surface area contributed by atoms with Crippen molar-refractivity contribution in [2.45, 2.75) is 6.04 Å². The maximum absolute atomic E-state index is 12.9. The molecule has 9 heteroatoms. The molecule has 2 aromatic rings. The van der Waals surface area contributed by atoms with E-state index in [9.17, 15) is 18.4 Å². The van der Waals surface area contributed by atoms with Gasteiger partial charge in [0, 0.05) is 42.5 Å². The molecule has 158 valence electrons. The average Bonchev–Trinajstić information content (AvgIpc) is 2.77. The number of hydrogen-bond acceptors (Lipinski definition) is 5. The summed E-state index contributed by atoms with van der Waals surface area (Å²) in [6.07, 6.45) is 0.165. The third kappa shape index (κ3) is 5.74. The fraction of sp³-hybridized carbons (Fsp3) is 0.286. The third-order valence-corrected chi connectivity index (χ3v) is 6.92. The van der Waals surface area contributed by atoms with E-state index in [0.29, 0.717) is 41.8 Å². The van der Waals surface area contributed by atoms with Crippen molar-refractivity contribution >= 4 is 33.7 Å². The molecule has 1 aliphatic rings. The Kier molecular flexibility index (Phi) is 7.34. The molecule has 3 rings (SSSR count). The van der Waals surface area contributed by atoms with E-state index in [-0.39, 0.29) is 6.41 Å². The average molecular weight is 448 g/mol. The van der Waals surface area contributed by atoms with Crippen molar-refractivity contribution in [1.82, 2.24) is 9.37 Å². The van der Waals surface area contributed by atoms with Gasteiger partial charge in [0.25, 0.3) is 0 Å². The van der Waals surface area contributed by atoms with Crippen LogP contribution in [0.15, 0.2) is 54.6 Å². The fourth-order valence-corrected chi connectivity index (χ4v) is 4.82. The summed E-state index contributed by atoms with van der Waals surface area (Å²) in [5, 5.41) is 10.8. The Balaban J connectivity index is 1.67. The number of hydrogen-bond donors (Lipinski definition) is 1. The lowest BCUT2D eigenvalue weighted by atomic mass is 10.2. The molecule has 30 heavy (non-hydrogen) atoms. The second-order valence-corrected chi connectivity index (χ2v) is 9.23. The van der Waals surface area contributed by atoms with Crippen LogP contribution in [0.1, 0.15) is 5.56 Å². The predicted octanol–water partition coefficient (Wildman–Crippen LogP) is 2.06. The van der Waals surface area contributed by atoms with Gasteiger partial charge in [0.2, 0.25) is 16.4 Å². The van der Waals surface area contributed by atoms with Crippen LogP contribution in [0.3, 0.4) is 0 Å². The molecule has 0 bridgehead atoms. The van der Waals surface area contributed by atoms with Gasteiger partial charge in [0.1, 0.15) is 6.04 Å². The van der Waals surface area contributed by atoms with Gasteiger partial charge in [-0.15, -0.1) is 0 Å². The van der Waals surface area contributed by atoms with Crippen LogP contribution in [-0.4, -0.2) is 67.4 Å². The Morgan fingerprint density at radius 1 is 1.07 bits per heavy atom. The summed E-state index contributed by atoms with van der Waals surface area (Å²) in [4.78, 5) is 13.1. The summed E-state index contributed by atoms with van der Waals surface area (Å²) in [5.74, 6) is 5.01. The fourth-order valence-electron chi connectivity index (χ4n) is 3.13. The van der Waals surface area contributed by atoms with Gasteiger partial charge < -0.3 is 4.90 Å². The Hall–Kier alpha value is -2.57. The molecule has 1 amide bonds. The molecule has 2 aromatic carbocycles. The molecule has 0 saturated carbocycles. The molecule has 0 radical (unpaired) electrons. The standard InChI is InChI=1S/C21H22ClN3O4S/c22-19-7-10-20(11-8-19)23-12-14-24(15-13-23)30(28,29)16-21(25(27)17-26)9-6-18-4-2-1-3-5-18/h1-5,7-8,10-11,17,21,27H,12-16H2. The number of sulfonamides is 1. The second-order valence-electron chi connectivity index (χ2n) is 6.78. The van der Waals surface area contributed by atoms with Crippen LogP contribution in [0.2, 0.25) is 5.02 Å². The molecule has 0 aliphatic carbocycles. The number of halogens is 1. The van der Waals surface area contributed by atoms with E-state index in [0.717, 1.165) is 5.69 Å². The summed E-state index contributed by atoms with van der Waals surface area (Å²) < 4.78 is 27.1. The van der Waals surface area contributed by atoms with Crippen LogP contribution in [-0.2, 0) is 14.8 Å². The quantitative estimate of drug-likeness (QED) is 0.317. The Morgan fingerprint density at radius 3 is 2.30 bits per heavy atom. The smallest absolute Gasteiger partial charge is 0.234 e. The van der Waals surface area contributed by atoms with E-state index < -0.39 is 21.8 Å². The molecule has 0 spiro atoms. The Morgan fingerprint density at radius 2 is 1.70 bits per heavy atom. The van der Waals surface area contributed by atoms with Gasteiger partial charge in [-0.1, -0.05) is 41.6 Å². The van der Waals surface area contributed by atoms with Crippen molar-refractivity contribution in [2.24, 2.45) is 0 Å². The zero-order chi connectivity index (χ0) is 21.6. The topological polar surface area (TPSA) is 81.2 Å². The van der Waals surface area contributed by atoms with Crippen LogP contribution in [0.5, 0.6) is 0 Å². The van der Waals surface area contributed by atoms with Gasteiger partial charge in [-0.2, -0.15) is 4.31 Å². The number of nitrogens with zero attached hydrogens (tertiary/aromatic N) is 3. The van der Waals surface area contributed by atoms with Crippen LogP contribution in [0.4, 0.5) is 5.69 Å². The molecular formula is C21H22ClN3O4S. The Labute approximate surface area is 181 Å². The van der Waals surface area contributed by atoms with E-state index >= 15 is 0 Å². The Bertz CT molecular complexity index is 1010. The summed E-state index contributed by atoms with van der Waals surface area (Å²) in [6, 6.07) is 15.2. The lowest BCUT2D eigenvalue weighted by Crippen LogP contribution is -2.51. The van der Waals surface area contributed by atoms with Crippen molar-refractivity contribution in [2.75, 3.05) is 36.8 Å². The summed E-state index contributed by atoms with van der Waals surface area (Å²) in [6.45, 7) is 1.65.